The van der Waals surface area contributed by atoms with Crippen molar-refractivity contribution in [3.8, 4) is 0 Å². The van der Waals surface area contributed by atoms with Crippen LogP contribution < -0.4 is 10.2 Å². The summed E-state index contributed by atoms with van der Waals surface area (Å²) in [6.07, 6.45) is 4.48. The average Bonchev–Trinajstić information content (AvgIpc) is 3.30. The minimum absolute atomic E-state index is 0.705. The molecule has 1 aliphatic carbocycles. The maximum absolute atomic E-state index is 4.61. The zero-order chi connectivity index (χ0) is 14.7. The van der Waals surface area contributed by atoms with Crippen molar-refractivity contribution in [3.63, 3.8) is 0 Å². The van der Waals surface area contributed by atoms with Crippen LogP contribution in [-0.4, -0.2) is 18.1 Å². The Kier molecular flexibility index (Phi) is 4.56. The molecule has 0 unspecified atom stereocenters. The van der Waals surface area contributed by atoms with Crippen LogP contribution in [0.4, 0.5) is 5.82 Å². The molecule has 1 saturated carbocycles. The third-order valence-electron chi connectivity index (χ3n) is 3.69. The summed E-state index contributed by atoms with van der Waals surface area (Å²) in [6.45, 7) is 1.75. The zero-order valence-electron chi connectivity index (χ0n) is 12.2. The predicted octanol–water partition coefficient (Wildman–Crippen LogP) is 3.73. The van der Waals surface area contributed by atoms with Crippen molar-refractivity contribution in [3.05, 3.63) is 58.2 Å². The summed E-state index contributed by atoms with van der Waals surface area (Å²) in [4.78, 5) is 6.83. The topological polar surface area (TPSA) is 28.2 Å². The second-order valence-corrected chi connectivity index (χ2v) is 6.55. The Labute approximate surface area is 134 Å². The molecule has 4 heteroatoms. The molecule has 1 aromatic carbocycles. The number of aromatic nitrogens is 1. The van der Waals surface area contributed by atoms with E-state index in [1.54, 1.807) is 0 Å². The highest BCUT2D eigenvalue weighted by atomic mass is 79.9. The molecule has 0 saturated heterocycles. The molecule has 0 bridgehead atoms. The fraction of sp³-hybridized carbons (Fsp3) is 0.353. The molecule has 2 aromatic rings. The summed E-state index contributed by atoms with van der Waals surface area (Å²) in [5, 5.41) is 3.57. The summed E-state index contributed by atoms with van der Waals surface area (Å²) < 4.78 is 1.03. The molecule has 3 rings (SSSR count). The van der Waals surface area contributed by atoms with Gasteiger partial charge >= 0.3 is 0 Å². The first-order valence-electron chi connectivity index (χ1n) is 7.35. The second-order valence-electron chi connectivity index (χ2n) is 5.63. The fourth-order valence-corrected chi connectivity index (χ4v) is 2.80. The minimum atomic E-state index is 0.705. The van der Waals surface area contributed by atoms with Gasteiger partial charge in [0.2, 0.25) is 0 Å². The van der Waals surface area contributed by atoms with Crippen molar-refractivity contribution in [1.29, 1.82) is 0 Å². The van der Waals surface area contributed by atoms with Crippen LogP contribution in [0.5, 0.6) is 0 Å². The monoisotopic (exact) mass is 345 g/mol. The predicted molar refractivity (Wildman–Crippen MR) is 90.3 cm³/mol. The van der Waals surface area contributed by atoms with Crippen LogP contribution in [0.2, 0.25) is 0 Å². The number of anilines is 1. The average molecular weight is 346 g/mol. The van der Waals surface area contributed by atoms with Crippen molar-refractivity contribution < 1.29 is 0 Å². The molecule has 3 nitrogen and oxygen atoms in total. The summed E-state index contributed by atoms with van der Waals surface area (Å²) in [5.41, 5.74) is 2.54. The molecule has 0 atom stereocenters. The van der Waals surface area contributed by atoms with E-state index in [1.165, 1.54) is 24.0 Å². The highest BCUT2D eigenvalue weighted by Crippen LogP contribution is 2.24. The number of rotatable bonds is 6. The SMILES string of the molecule is CN(Cc1ccccc1)c1ncc(Br)cc1CNC1CC1. The highest BCUT2D eigenvalue weighted by Gasteiger charge is 2.21. The Balaban J connectivity index is 1.75. The van der Waals surface area contributed by atoms with E-state index < -0.39 is 0 Å². The Morgan fingerprint density at radius 3 is 2.76 bits per heavy atom. The molecule has 0 amide bonds. The lowest BCUT2D eigenvalue weighted by Crippen LogP contribution is -2.22. The first-order valence-corrected chi connectivity index (χ1v) is 8.14. The molecular formula is C17H20BrN3. The van der Waals surface area contributed by atoms with Gasteiger partial charge in [-0.25, -0.2) is 4.98 Å². The van der Waals surface area contributed by atoms with E-state index >= 15 is 0 Å². The van der Waals surface area contributed by atoms with Gasteiger partial charge in [0.05, 0.1) is 0 Å². The van der Waals surface area contributed by atoms with E-state index in [1.807, 2.05) is 12.3 Å². The number of pyridine rings is 1. The van der Waals surface area contributed by atoms with Crippen molar-refractivity contribution in [2.45, 2.75) is 32.0 Å². The lowest BCUT2D eigenvalue weighted by Gasteiger charge is -2.22. The van der Waals surface area contributed by atoms with E-state index in [0.717, 1.165) is 23.4 Å². The third-order valence-corrected chi connectivity index (χ3v) is 4.13. The van der Waals surface area contributed by atoms with Crippen LogP contribution in [-0.2, 0) is 13.1 Å². The van der Waals surface area contributed by atoms with Crippen LogP contribution >= 0.6 is 15.9 Å². The van der Waals surface area contributed by atoms with E-state index in [-0.39, 0.29) is 0 Å². The number of hydrogen-bond donors (Lipinski definition) is 1. The zero-order valence-corrected chi connectivity index (χ0v) is 13.8. The van der Waals surface area contributed by atoms with Gasteiger partial charge in [-0.2, -0.15) is 0 Å². The van der Waals surface area contributed by atoms with Gasteiger partial charge in [0.1, 0.15) is 5.82 Å². The lowest BCUT2D eigenvalue weighted by molar-refractivity contribution is 0.682. The van der Waals surface area contributed by atoms with Crippen molar-refractivity contribution in [2.24, 2.45) is 0 Å². The van der Waals surface area contributed by atoms with Crippen molar-refractivity contribution >= 4 is 21.7 Å². The van der Waals surface area contributed by atoms with Crippen LogP contribution in [0.1, 0.15) is 24.0 Å². The quantitative estimate of drug-likeness (QED) is 0.864. The fourth-order valence-electron chi connectivity index (χ4n) is 2.42. The maximum atomic E-state index is 4.61. The normalized spacial score (nSPS) is 14.2. The summed E-state index contributed by atoms with van der Waals surface area (Å²) >= 11 is 3.53. The van der Waals surface area contributed by atoms with E-state index in [0.29, 0.717) is 6.04 Å². The number of hydrogen-bond acceptors (Lipinski definition) is 3. The molecule has 1 fully saturated rings. The van der Waals surface area contributed by atoms with Gasteiger partial charge in [-0.05, 0) is 40.4 Å². The number of nitrogens with zero attached hydrogens (tertiary/aromatic N) is 2. The third kappa shape index (κ3) is 4.05. The van der Waals surface area contributed by atoms with Gasteiger partial charge in [0.25, 0.3) is 0 Å². The first-order chi connectivity index (χ1) is 10.2. The molecule has 110 valence electrons. The Morgan fingerprint density at radius 2 is 2.05 bits per heavy atom. The van der Waals surface area contributed by atoms with Gasteiger partial charge in [-0.3, -0.25) is 0 Å². The Hall–Kier alpha value is -1.39. The van der Waals surface area contributed by atoms with Crippen LogP contribution in [0.25, 0.3) is 0 Å². The molecule has 1 aromatic heterocycles. The van der Waals surface area contributed by atoms with Gasteiger partial charge in [-0.1, -0.05) is 30.3 Å². The van der Waals surface area contributed by atoms with Gasteiger partial charge < -0.3 is 10.2 Å². The Morgan fingerprint density at radius 1 is 1.29 bits per heavy atom. The first kappa shape index (κ1) is 14.5. The van der Waals surface area contributed by atoms with Crippen molar-refractivity contribution in [1.82, 2.24) is 10.3 Å². The highest BCUT2D eigenvalue weighted by molar-refractivity contribution is 9.10. The summed E-state index contributed by atoms with van der Waals surface area (Å²) in [5.74, 6) is 1.05. The van der Waals surface area contributed by atoms with Gasteiger partial charge in [0.15, 0.2) is 0 Å². The van der Waals surface area contributed by atoms with E-state index in [4.69, 9.17) is 0 Å². The maximum Gasteiger partial charge on any atom is 0.133 e. The molecule has 1 N–H and O–H groups in total. The van der Waals surface area contributed by atoms with E-state index in [9.17, 15) is 0 Å². The van der Waals surface area contributed by atoms with Gasteiger partial charge in [-0.15, -0.1) is 0 Å². The molecule has 0 spiro atoms. The smallest absolute Gasteiger partial charge is 0.133 e. The standard InChI is InChI=1S/C17H20BrN3/c1-21(12-13-5-3-2-4-6-13)17-14(9-15(18)11-20-17)10-19-16-7-8-16/h2-6,9,11,16,19H,7-8,10,12H2,1H3. The molecule has 0 aliphatic heterocycles. The molecule has 1 heterocycles. The molecular weight excluding hydrogens is 326 g/mol. The Bertz CT molecular complexity index is 596. The van der Waals surface area contributed by atoms with Crippen molar-refractivity contribution in [2.75, 3.05) is 11.9 Å². The largest absolute Gasteiger partial charge is 0.355 e. The molecule has 21 heavy (non-hydrogen) atoms. The summed E-state index contributed by atoms with van der Waals surface area (Å²) in [7, 11) is 2.10. The van der Waals surface area contributed by atoms with Crippen LogP contribution in [0.3, 0.4) is 0 Å². The summed E-state index contributed by atoms with van der Waals surface area (Å²) in [6, 6.07) is 13.4. The van der Waals surface area contributed by atoms with Crippen LogP contribution in [0, 0.1) is 0 Å². The molecule has 0 radical (unpaired) electrons. The number of benzene rings is 1. The lowest BCUT2D eigenvalue weighted by atomic mass is 10.2. The molecule has 1 aliphatic rings. The van der Waals surface area contributed by atoms with Crippen LogP contribution in [0.15, 0.2) is 47.1 Å². The number of nitrogens with one attached hydrogen (secondary N) is 1. The number of halogens is 1. The van der Waals surface area contributed by atoms with Gasteiger partial charge in [0, 0.05) is 42.4 Å². The second kappa shape index (κ2) is 6.58. The minimum Gasteiger partial charge on any atom is -0.355 e. The van der Waals surface area contributed by atoms with E-state index in [2.05, 4.69) is 68.5 Å².